The van der Waals surface area contributed by atoms with Crippen molar-refractivity contribution in [2.24, 2.45) is 5.73 Å². The van der Waals surface area contributed by atoms with Crippen LogP contribution in [0.2, 0.25) is 5.02 Å². The highest BCUT2D eigenvalue weighted by Crippen LogP contribution is 2.26. The second-order valence-electron chi connectivity index (χ2n) is 14.0. The van der Waals surface area contributed by atoms with E-state index in [-0.39, 0.29) is 38.3 Å². The molecule has 14 nitrogen and oxygen atoms in total. The van der Waals surface area contributed by atoms with Gasteiger partial charge in [0.2, 0.25) is 17.6 Å². The molecule has 4 amide bonds. The Hall–Kier alpha value is -5.47. The van der Waals surface area contributed by atoms with Gasteiger partial charge in [0.15, 0.2) is 5.58 Å². The van der Waals surface area contributed by atoms with E-state index in [4.69, 9.17) is 31.2 Å². The standard InChI is InChI=1S/C41H47ClN6O8/c42-30-16-6-5-15-28(30)23-33(46-40(52)54-26-27-13-3-1-4-14-27)39(51)48-25-29(55-41(53)47-21-11-2-12-22-47)24-34(48)37(50)44-32(18-9-10-20-43)36(49)38-45-31-17-7-8-19-35(31)56-38/h1,3-8,13-17,19,29,32-34H,2,9-12,18,20-26,43H2,(H,44,50)(H,46,52)/t29-,32+,33-,34+/m1/s1. The topological polar surface area (TPSA) is 186 Å². The average Bonchev–Trinajstić information content (AvgIpc) is 3.85. The summed E-state index contributed by atoms with van der Waals surface area (Å²) in [6.07, 6.45) is 1.78. The number of halogens is 1. The first-order chi connectivity index (χ1) is 27.2. The van der Waals surface area contributed by atoms with E-state index in [1.165, 1.54) is 4.90 Å². The van der Waals surface area contributed by atoms with E-state index >= 15 is 0 Å². The number of carbonyl (C=O) groups excluding carboxylic acids is 5. The lowest BCUT2D eigenvalue weighted by molar-refractivity contribution is -0.140. The Kier molecular flexibility index (Phi) is 13.9. The van der Waals surface area contributed by atoms with Crippen LogP contribution in [0.15, 0.2) is 83.3 Å². The van der Waals surface area contributed by atoms with Crippen molar-refractivity contribution in [2.75, 3.05) is 26.2 Å². The molecule has 4 atom stereocenters. The number of nitrogens with zero attached hydrogens (tertiary/aromatic N) is 3. The smallest absolute Gasteiger partial charge is 0.410 e. The number of hydrogen-bond donors (Lipinski definition) is 3. The molecule has 3 heterocycles. The van der Waals surface area contributed by atoms with Crippen molar-refractivity contribution >= 4 is 52.5 Å². The maximum Gasteiger partial charge on any atom is 0.410 e. The van der Waals surface area contributed by atoms with Gasteiger partial charge in [-0.05, 0) is 74.4 Å². The molecule has 2 fully saturated rings. The van der Waals surface area contributed by atoms with E-state index in [0.717, 1.165) is 24.8 Å². The van der Waals surface area contributed by atoms with E-state index in [9.17, 15) is 24.0 Å². The monoisotopic (exact) mass is 786 g/mol. The van der Waals surface area contributed by atoms with Crippen molar-refractivity contribution in [3.05, 3.63) is 101 Å². The van der Waals surface area contributed by atoms with Gasteiger partial charge in [0.1, 0.15) is 30.3 Å². The van der Waals surface area contributed by atoms with E-state index < -0.39 is 54.0 Å². The third-order valence-electron chi connectivity index (χ3n) is 10.00. The second-order valence-corrected chi connectivity index (χ2v) is 14.5. The Morgan fingerprint density at radius 1 is 0.893 bits per heavy atom. The zero-order chi connectivity index (χ0) is 39.4. The van der Waals surface area contributed by atoms with Crippen LogP contribution in [0.1, 0.15) is 66.8 Å². The molecule has 0 saturated carbocycles. The number of likely N-dealkylation sites (tertiary alicyclic amines) is 2. The molecule has 2 aliphatic rings. The van der Waals surface area contributed by atoms with Gasteiger partial charge < -0.3 is 40.1 Å². The summed E-state index contributed by atoms with van der Waals surface area (Å²) in [7, 11) is 0. The summed E-state index contributed by atoms with van der Waals surface area (Å²) in [5.74, 6) is -1.95. The molecule has 0 unspecified atom stereocenters. The number of carbonyl (C=O) groups is 5. The summed E-state index contributed by atoms with van der Waals surface area (Å²) in [6, 6.07) is 19.5. The molecule has 56 heavy (non-hydrogen) atoms. The highest BCUT2D eigenvalue weighted by atomic mass is 35.5. The molecule has 2 aliphatic heterocycles. The minimum Gasteiger partial charge on any atom is -0.445 e. The van der Waals surface area contributed by atoms with E-state index in [0.29, 0.717) is 54.2 Å². The Morgan fingerprint density at radius 2 is 1.62 bits per heavy atom. The molecule has 1 aromatic heterocycles. The van der Waals surface area contributed by atoms with Crippen LogP contribution < -0.4 is 16.4 Å². The minimum absolute atomic E-state index is 0.0278. The molecule has 296 valence electrons. The highest BCUT2D eigenvalue weighted by molar-refractivity contribution is 6.31. The molecule has 3 aromatic carbocycles. The molecule has 15 heteroatoms. The van der Waals surface area contributed by atoms with Crippen molar-refractivity contribution in [3.8, 4) is 0 Å². The maximum atomic E-state index is 14.6. The first kappa shape index (κ1) is 40.2. The van der Waals surface area contributed by atoms with Gasteiger partial charge >= 0.3 is 12.2 Å². The van der Waals surface area contributed by atoms with E-state index in [2.05, 4.69) is 15.6 Å². The fourth-order valence-electron chi connectivity index (χ4n) is 7.02. The SMILES string of the molecule is NCCCC[C@H](NC(=O)[C@@H]1C[C@@H](OC(=O)N2CCCCC2)CN1C(=O)[C@@H](Cc1ccccc1Cl)NC(=O)OCc1ccccc1)C(=O)c1nc2ccccc2o1. The normalized spacial score (nSPS) is 17.9. The molecular formula is C41H47ClN6O8. The predicted molar refractivity (Wildman–Crippen MR) is 208 cm³/mol. The maximum absolute atomic E-state index is 14.6. The van der Waals surface area contributed by atoms with Crippen LogP contribution in [-0.4, -0.2) is 95.0 Å². The number of oxazole rings is 1. The van der Waals surface area contributed by atoms with Gasteiger partial charge in [0, 0.05) is 31.0 Å². The summed E-state index contributed by atoms with van der Waals surface area (Å²) < 4.78 is 17.1. The molecule has 4 N–H and O–H groups in total. The minimum atomic E-state index is -1.23. The largest absolute Gasteiger partial charge is 0.445 e. The molecule has 4 aromatic rings. The highest BCUT2D eigenvalue weighted by Gasteiger charge is 2.45. The summed E-state index contributed by atoms with van der Waals surface area (Å²) in [5.41, 5.74) is 8.00. The third kappa shape index (κ3) is 10.4. The number of hydrogen-bond acceptors (Lipinski definition) is 10. The zero-order valence-corrected chi connectivity index (χ0v) is 31.8. The number of benzene rings is 3. The summed E-state index contributed by atoms with van der Waals surface area (Å²) >= 11 is 6.51. The van der Waals surface area contributed by atoms with Gasteiger partial charge in [0.05, 0.1) is 12.6 Å². The summed E-state index contributed by atoms with van der Waals surface area (Å²) in [5, 5.41) is 5.92. The number of aromatic nitrogens is 1. The quantitative estimate of drug-likeness (QED) is 0.104. The molecule has 6 rings (SSSR count). The number of unbranched alkanes of at least 4 members (excludes halogenated alkanes) is 1. The fraction of sp³-hybridized carbons (Fsp3) is 0.415. The molecule has 0 aliphatic carbocycles. The van der Waals surface area contributed by atoms with Gasteiger partial charge in [-0.3, -0.25) is 14.4 Å². The van der Waals surface area contributed by atoms with Crippen molar-refractivity contribution in [1.29, 1.82) is 0 Å². The zero-order valence-electron chi connectivity index (χ0n) is 31.1. The van der Waals surface area contributed by atoms with Gasteiger partial charge in [-0.25, -0.2) is 14.6 Å². The number of amides is 4. The number of rotatable bonds is 15. The lowest BCUT2D eigenvalue weighted by Gasteiger charge is -2.29. The van der Waals surface area contributed by atoms with Gasteiger partial charge in [0.25, 0.3) is 5.89 Å². The third-order valence-corrected chi connectivity index (χ3v) is 10.4. The average molecular weight is 787 g/mol. The number of ether oxygens (including phenoxy) is 2. The predicted octanol–water partition coefficient (Wildman–Crippen LogP) is 5.41. The van der Waals surface area contributed by atoms with Gasteiger partial charge in [-0.2, -0.15) is 0 Å². The summed E-state index contributed by atoms with van der Waals surface area (Å²) in [6.45, 7) is 1.32. The first-order valence-electron chi connectivity index (χ1n) is 19.1. The van der Waals surface area contributed by atoms with Crippen LogP contribution in [0.25, 0.3) is 11.1 Å². The van der Waals surface area contributed by atoms with Crippen LogP contribution in [-0.2, 0) is 32.1 Å². The number of nitrogens with one attached hydrogen (secondary N) is 2. The van der Waals surface area contributed by atoms with Crippen LogP contribution >= 0.6 is 11.6 Å². The molecule has 0 radical (unpaired) electrons. The first-order valence-corrected chi connectivity index (χ1v) is 19.4. The molecule has 2 saturated heterocycles. The second kappa shape index (κ2) is 19.4. The van der Waals surface area contributed by atoms with Crippen molar-refractivity contribution in [2.45, 2.75) is 82.2 Å². The number of fused-ring (bicyclic) bond motifs is 1. The molecule has 0 bridgehead atoms. The fourth-order valence-corrected chi connectivity index (χ4v) is 7.23. The lowest BCUT2D eigenvalue weighted by Crippen LogP contribution is -2.56. The Bertz CT molecular complexity index is 1950. The number of para-hydroxylation sites is 2. The van der Waals surface area contributed by atoms with E-state index in [1.807, 2.05) is 18.2 Å². The number of ketones is 1. The van der Waals surface area contributed by atoms with Gasteiger partial charge in [-0.1, -0.05) is 72.3 Å². The number of alkyl carbamates (subject to hydrolysis) is 1. The number of piperidine rings is 1. The summed E-state index contributed by atoms with van der Waals surface area (Å²) in [4.78, 5) is 76.6. The van der Waals surface area contributed by atoms with Crippen LogP contribution in [0.5, 0.6) is 0 Å². The van der Waals surface area contributed by atoms with Crippen LogP contribution in [0, 0.1) is 0 Å². The Balaban J connectivity index is 1.25. The van der Waals surface area contributed by atoms with Crippen molar-refractivity contribution in [3.63, 3.8) is 0 Å². The number of Topliss-reactive ketones (excluding diaryl/α,β-unsaturated/α-hetero) is 1. The van der Waals surface area contributed by atoms with Crippen LogP contribution in [0.4, 0.5) is 9.59 Å². The van der Waals surface area contributed by atoms with Gasteiger partial charge in [-0.15, -0.1) is 0 Å². The van der Waals surface area contributed by atoms with E-state index in [1.54, 1.807) is 65.6 Å². The lowest BCUT2D eigenvalue weighted by atomic mass is 10.0. The number of nitrogens with two attached hydrogens (primary N) is 1. The van der Waals surface area contributed by atoms with Crippen molar-refractivity contribution < 1.29 is 37.9 Å². The molecule has 0 spiro atoms. The van der Waals surface area contributed by atoms with Crippen molar-refractivity contribution in [1.82, 2.24) is 25.4 Å². The molecular weight excluding hydrogens is 740 g/mol. The van der Waals surface area contributed by atoms with Crippen LogP contribution in [0.3, 0.4) is 0 Å². The Labute approximate surface area is 330 Å². The Morgan fingerprint density at radius 3 is 2.38 bits per heavy atom.